The molecule has 0 saturated heterocycles. The van der Waals surface area contributed by atoms with Gasteiger partial charge in [0, 0.05) is 22.2 Å². The Hall–Kier alpha value is -1.56. The number of aliphatic carboxylic acids is 1. The quantitative estimate of drug-likeness (QED) is 0.592. The van der Waals surface area contributed by atoms with Gasteiger partial charge < -0.3 is 14.9 Å². The number of rotatable bonds is 8. The van der Waals surface area contributed by atoms with Gasteiger partial charge in [0.15, 0.2) is 0 Å². The summed E-state index contributed by atoms with van der Waals surface area (Å²) >= 11 is 13.6. The fraction of sp³-hybridized carbons (Fsp3) is 0.278. The molecule has 0 aliphatic carbocycles. The summed E-state index contributed by atoms with van der Waals surface area (Å²) in [5.74, 6) is 0.698. The van der Waals surface area contributed by atoms with E-state index in [2.05, 4.69) is 0 Å². The topological polar surface area (TPSA) is 66.8 Å². The Kier molecular flexibility index (Phi) is 6.87. The molecule has 0 aliphatic rings. The van der Waals surface area contributed by atoms with E-state index in [-0.39, 0.29) is 5.75 Å². The number of phenols is 1. The van der Waals surface area contributed by atoms with Crippen LogP contribution in [-0.2, 0) is 10.5 Å². The first-order chi connectivity index (χ1) is 11.8. The van der Waals surface area contributed by atoms with Crippen molar-refractivity contribution in [1.82, 2.24) is 0 Å². The highest BCUT2D eigenvalue weighted by molar-refractivity contribution is 7.98. The number of hydrogen-bond donors (Lipinski definition) is 2. The van der Waals surface area contributed by atoms with Gasteiger partial charge in [-0.25, -0.2) is 4.79 Å². The first-order valence-corrected chi connectivity index (χ1v) is 9.44. The van der Waals surface area contributed by atoms with Crippen molar-refractivity contribution in [1.29, 1.82) is 0 Å². The van der Waals surface area contributed by atoms with Crippen molar-refractivity contribution < 1.29 is 19.7 Å². The molecule has 134 valence electrons. The van der Waals surface area contributed by atoms with Gasteiger partial charge in [-0.2, -0.15) is 11.8 Å². The van der Waals surface area contributed by atoms with Gasteiger partial charge in [-0.15, -0.1) is 0 Å². The minimum Gasteiger partial charge on any atom is -0.508 e. The second kappa shape index (κ2) is 8.70. The lowest BCUT2D eigenvalue weighted by Crippen LogP contribution is -2.42. The molecule has 2 aromatic rings. The van der Waals surface area contributed by atoms with Crippen LogP contribution in [0, 0.1) is 0 Å². The summed E-state index contributed by atoms with van der Waals surface area (Å²) in [6, 6.07) is 11.3. The van der Waals surface area contributed by atoms with Crippen LogP contribution in [0.5, 0.6) is 11.5 Å². The number of aromatic hydroxyl groups is 1. The van der Waals surface area contributed by atoms with Crippen molar-refractivity contribution in [3.05, 3.63) is 58.1 Å². The summed E-state index contributed by atoms with van der Waals surface area (Å²) in [5.41, 5.74) is -0.402. The number of carboxylic acids is 1. The van der Waals surface area contributed by atoms with Crippen LogP contribution in [0.15, 0.2) is 42.5 Å². The summed E-state index contributed by atoms with van der Waals surface area (Å²) in [6.45, 7) is 1.54. The molecule has 0 saturated carbocycles. The fourth-order valence-electron chi connectivity index (χ4n) is 2.06. The maximum absolute atomic E-state index is 11.6. The van der Waals surface area contributed by atoms with Gasteiger partial charge in [0.25, 0.3) is 0 Å². The van der Waals surface area contributed by atoms with Crippen molar-refractivity contribution in [2.75, 3.05) is 5.75 Å². The molecule has 0 aliphatic heterocycles. The molecule has 0 fully saturated rings. The zero-order valence-electron chi connectivity index (χ0n) is 13.5. The molecule has 0 heterocycles. The van der Waals surface area contributed by atoms with Crippen LogP contribution in [0.2, 0.25) is 10.0 Å². The Morgan fingerprint density at radius 3 is 2.48 bits per heavy atom. The highest BCUT2D eigenvalue weighted by Crippen LogP contribution is 2.28. The molecule has 2 aromatic carbocycles. The number of halogens is 2. The predicted molar refractivity (Wildman–Crippen MR) is 102 cm³/mol. The van der Waals surface area contributed by atoms with Gasteiger partial charge in [-0.05, 0) is 54.6 Å². The molecular formula is C18H18Cl2O4S. The van der Waals surface area contributed by atoms with E-state index < -0.39 is 11.6 Å². The maximum Gasteiger partial charge on any atom is 0.347 e. The third-order valence-corrected chi connectivity index (χ3v) is 5.22. The number of hydrogen-bond acceptors (Lipinski definition) is 4. The minimum absolute atomic E-state index is 0.0970. The Morgan fingerprint density at radius 2 is 1.88 bits per heavy atom. The lowest BCUT2D eigenvalue weighted by Gasteiger charge is -2.26. The number of ether oxygens (including phenoxy) is 1. The van der Waals surface area contributed by atoms with Crippen LogP contribution in [0.1, 0.15) is 18.9 Å². The standard InChI is InChI=1S/C18H18Cl2O4S/c1-18(17(22)23,24-15-6-4-14(21)5-7-15)8-9-25-11-12-2-3-13(19)10-16(12)20/h2-7,10,21H,8-9,11H2,1H3,(H,22,23). The Balaban J connectivity index is 1.92. The molecule has 0 aromatic heterocycles. The number of carboxylic acid groups (broad SMARTS) is 1. The molecular weight excluding hydrogens is 383 g/mol. The molecule has 7 heteroatoms. The van der Waals surface area contributed by atoms with Crippen LogP contribution in [0.25, 0.3) is 0 Å². The summed E-state index contributed by atoms with van der Waals surface area (Å²) in [6.07, 6.45) is 0.319. The summed E-state index contributed by atoms with van der Waals surface area (Å²) in [7, 11) is 0. The van der Waals surface area contributed by atoms with Gasteiger partial charge in [-0.1, -0.05) is 29.3 Å². The lowest BCUT2D eigenvalue weighted by molar-refractivity contribution is -0.153. The predicted octanol–water partition coefficient (Wildman–Crippen LogP) is 5.24. The minimum atomic E-state index is -1.35. The average molecular weight is 401 g/mol. The molecule has 2 rings (SSSR count). The summed E-state index contributed by atoms with van der Waals surface area (Å²) < 4.78 is 5.64. The van der Waals surface area contributed by atoms with Gasteiger partial charge >= 0.3 is 5.97 Å². The zero-order chi connectivity index (χ0) is 18.4. The molecule has 0 amide bonds. The molecule has 4 nitrogen and oxygen atoms in total. The smallest absolute Gasteiger partial charge is 0.347 e. The number of benzene rings is 2. The molecule has 1 unspecified atom stereocenters. The normalized spacial score (nSPS) is 13.2. The van der Waals surface area contributed by atoms with E-state index in [1.165, 1.54) is 31.2 Å². The summed E-state index contributed by atoms with van der Waals surface area (Å²) in [5, 5.41) is 20.0. The number of thioether (sulfide) groups is 1. The third kappa shape index (κ3) is 5.73. The maximum atomic E-state index is 11.6. The van der Waals surface area contributed by atoms with Crippen molar-refractivity contribution >= 4 is 40.9 Å². The van der Waals surface area contributed by atoms with E-state index >= 15 is 0 Å². The second-order valence-electron chi connectivity index (χ2n) is 5.67. The molecule has 1 atom stereocenters. The molecule has 25 heavy (non-hydrogen) atoms. The Labute approximate surface area is 160 Å². The van der Waals surface area contributed by atoms with Gasteiger partial charge in [0.1, 0.15) is 11.5 Å². The van der Waals surface area contributed by atoms with Crippen molar-refractivity contribution in [2.24, 2.45) is 0 Å². The first-order valence-electron chi connectivity index (χ1n) is 7.53. The van der Waals surface area contributed by atoms with E-state index in [1.807, 2.05) is 6.07 Å². The van der Waals surface area contributed by atoms with Crippen LogP contribution < -0.4 is 4.74 Å². The summed E-state index contributed by atoms with van der Waals surface area (Å²) in [4.78, 5) is 11.6. The second-order valence-corrected chi connectivity index (χ2v) is 7.62. The largest absolute Gasteiger partial charge is 0.508 e. The number of carbonyl (C=O) groups is 1. The highest BCUT2D eigenvalue weighted by Gasteiger charge is 2.35. The van der Waals surface area contributed by atoms with Crippen molar-refractivity contribution in [2.45, 2.75) is 24.7 Å². The molecule has 0 bridgehead atoms. The monoisotopic (exact) mass is 400 g/mol. The van der Waals surface area contributed by atoms with E-state index in [4.69, 9.17) is 27.9 Å². The molecule has 0 radical (unpaired) electrons. The van der Waals surface area contributed by atoms with E-state index in [9.17, 15) is 15.0 Å². The number of phenolic OH excluding ortho intramolecular Hbond substituents is 1. The molecule has 0 spiro atoms. The fourth-order valence-corrected chi connectivity index (χ4v) is 3.77. The SMILES string of the molecule is CC(CCSCc1ccc(Cl)cc1Cl)(Oc1ccc(O)cc1)C(=O)O. The van der Waals surface area contributed by atoms with Crippen LogP contribution >= 0.6 is 35.0 Å². The zero-order valence-corrected chi connectivity index (χ0v) is 15.9. The lowest BCUT2D eigenvalue weighted by atomic mass is 10.0. The Bertz CT molecular complexity index is 736. The van der Waals surface area contributed by atoms with E-state index in [0.29, 0.717) is 33.7 Å². The highest BCUT2D eigenvalue weighted by atomic mass is 35.5. The van der Waals surface area contributed by atoms with Crippen LogP contribution in [-0.4, -0.2) is 27.5 Å². The van der Waals surface area contributed by atoms with Crippen molar-refractivity contribution in [3.8, 4) is 11.5 Å². The third-order valence-electron chi connectivity index (χ3n) is 3.63. The van der Waals surface area contributed by atoms with E-state index in [0.717, 1.165) is 5.56 Å². The van der Waals surface area contributed by atoms with E-state index in [1.54, 1.807) is 23.9 Å². The van der Waals surface area contributed by atoms with Crippen molar-refractivity contribution in [3.63, 3.8) is 0 Å². The molecule has 2 N–H and O–H groups in total. The van der Waals surface area contributed by atoms with Gasteiger partial charge in [0.05, 0.1) is 0 Å². The van der Waals surface area contributed by atoms with Gasteiger partial charge in [0.2, 0.25) is 5.60 Å². The van der Waals surface area contributed by atoms with Gasteiger partial charge in [-0.3, -0.25) is 0 Å². The van der Waals surface area contributed by atoms with Crippen LogP contribution in [0.4, 0.5) is 0 Å². The average Bonchev–Trinajstić information content (AvgIpc) is 2.55. The first kappa shape index (κ1) is 19.8. The Morgan fingerprint density at radius 1 is 1.20 bits per heavy atom. The van der Waals surface area contributed by atoms with Crippen LogP contribution in [0.3, 0.4) is 0 Å².